The van der Waals surface area contributed by atoms with E-state index in [9.17, 15) is 27.6 Å². The highest BCUT2D eigenvalue weighted by atomic mass is 19.4. The van der Waals surface area contributed by atoms with Crippen molar-refractivity contribution in [2.75, 3.05) is 33.4 Å². The Labute approximate surface area is 294 Å². The molecule has 0 aliphatic carbocycles. The minimum absolute atomic E-state index is 0.00319. The van der Waals surface area contributed by atoms with Crippen molar-refractivity contribution in [3.63, 3.8) is 0 Å². The monoisotopic (exact) mass is 706 g/mol. The van der Waals surface area contributed by atoms with Crippen LogP contribution >= 0.6 is 0 Å². The summed E-state index contributed by atoms with van der Waals surface area (Å²) in [6, 6.07) is 18.9. The number of halogens is 3. The molecule has 15 heteroatoms. The topological polar surface area (TPSA) is 155 Å². The number of amidine groups is 1. The number of nitrogens with one attached hydrogen (secondary N) is 2. The van der Waals surface area contributed by atoms with Gasteiger partial charge >= 0.3 is 6.18 Å². The third kappa shape index (κ3) is 10.5. The molecule has 3 heterocycles. The number of benzene rings is 2. The number of para-hydroxylation sites is 1. The van der Waals surface area contributed by atoms with Crippen molar-refractivity contribution >= 4 is 29.2 Å². The first-order valence-electron chi connectivity index (χ1n) is 16.3. The fourth-order valence-corrected chi connectivity index (χ4v) is 5.09. The standard InChI is InChI=1S/C20H19F3N6O2.C16H22N2O2/c1-2-29-17(26-13-6-4-3-5-7-13)12(11-24)10-14(19(29)31)27-18(30)16-25-9-8-15(28-16)20(21,22)23;1-3-14(10-18(2)15-11-20-12-15)16(19)17-9-13-7-5-4-6-8-13/h3-9,11,14H,2,10,24H2,1H3,(H,27,30);3-8,15H,9-12H2,1-2H3,(H,17,19)/b12-11-,26-17?;14-3+. The number of rotatable bonds is 10. The zero-order valence-corrected chi connectivity index (χ0v) is 28.6. The number of hydrogen-bond acceptors (Lipinski definition) is 9. The molecular weight excluding hydrogens is 665 g/mol. The van der Waals surface area contributed by atoms with Crippen LogP contribution in [0.4, 0.5) is 18.9 Å². The quantitative estimate of drug-likeness (QED) is 0.268. The average molecular weight is 707 g/mol. The first-order chi connectivity index (χ1) is 24.4. The number of piperidine rings is 1. The van der Waals surface area contributed by atoms with E-state index in [-0.39, 0.29) is 18.9 Å². The van der Waals surface area contributed by atoms with Crippen LogP contribution in [0.15, 0.2) is 101 Å². The molecule has 0 saturated carbocycles. The van der Waals surface area contributed by atoms with Crippen molar-refractivity contribution in [3.05, 3.63) is 113 Å². The molecule has 3 amide bonds. The number of allylic oxidation sites excluding steroid dienone is 1. The Morgan fingerprint density at radius 2 is 1.76 bits per heavy atom. The second-order valence-corrected chi connectivity index (χ2v) is 11.6. The summed E-state index contributed by atoms with van der Waals surface area (Å²) in [7, 11) is 2.03. The molecule has 4 N–H and O–H groups in total. The van der Waals surface area contributed by atoms with E-state index < -0.39 is 35.6 Å². The van der Waals surface area contributed by atoms with E-state index in [1.165, 1.54) is 11.1 Å². The summed E-state index contributed by atoms with van der Waals surface area (Å²) < 4.78 is 43.7. The van der Waals surface area contributed by atoms with Crippen LogP contribution < -0.4 is 16.4 Å². The van der Waals surface area contributed by atoms with E-state index in [0.29, 0.717) is 42.3 Å². The number of nitrogens with two attached hydrogens (primary N) is 1. The molecule has 1 unspecified atom stereocenters. The molecule has 0 radical (unpaired) electrons. The second kappa shape index (κ2) is 18.0. The molecule has 1 aromatic heterocycles. The Kier molecular flexibility index (Phi) is 13.6. The zero-order chi connectivity index (χ0) is 37.0. The summed E-state index contributed by atoms with van der Waals surface area (Å²) in [5.74, 6) is -1.80. The third-order valence-corrected chi connectivity index (χ3v) is 8.09. The lowest BCUT2D eigenvalue weighted by molar-refractivity contribution is -0.141. The molecule has 270 valence electrons. The Bertz CT molecular complexity index is 1750. The summed E-state index contributed by atoms with van der Waals surface area (Å²) in [6.07, 6.45) is -0.702. The van der Waals surface area contributed by atoms with Gasteiger partial charge < -0.3 is 21.1 Å². The molecule has 0 spiro atoms. The van der Waals surface area contributed by atoms with Gasteiger partial charge in [0.05, 0.1) is 24.9 Å². The maximum Gasteiger partial charge on any atom is 0.433 e. The smallest absolute Gasteiger partial charge is 0.404 e. The highest BCUT2D eigenvalue weighted by molar-refractivity contribution is 6.13. The number of aromatic nitrogens is 2. The molecule has 2 saturated heterocycles. The van der Waals surface area contributed by atoms with Crippen LogP contribution in [0, 0.1) is 0 Å². The molecule has 5 rings (SSSR count). The van der Waals surface area contributed by atoms with E-state index in [1.54, 1.807) is 31.2 Å². The van der Waals surface area contributed by atoms with Crippen LogP contribution in [0.25, 0.3) is 0 Å². The number of alkyl halides is 3. The molecule has 2 aliphatic rings. The normalized spacial score (nSPS) is 18.3. The van der Waals surface area contributed by atoms with Crippen molar-refractivity contribution in [2.45, 2.75) is 45.1 Å². The Morgan fingerprint density at radius 1 is 1.10 bits per heavy atom. The maximum absolute atomic E-state index is 13.0. The Hall–Kier alpha value is -5.41. The highest BCUT2D eigenvalue weighted by Gasteiger charge is 2.38. The van der Waals surface area contributed by atoms with Gasteiger partial charge in [-0.05, 0) is 44.7 Å². The number of likely N-dealkylation sites (N-methyl/N-ethyl adjacent to an activating group) is 2. The van der Waals surface area contributed by atoms with Crippen LogP contribution in [0.5, 0.6) is 0 Å². The van der Waals surface area contributed by atoms with E-state index in [1.807, 2.05) is 56.4 Å². The summed E-state index contributed by atoms with van der Waals surface area (Å²) >= 11 is 0. The van der Waals surface area contributed by atoms with E-state index >= 15 is 0 Å². The summed E-state index contributed by atoms with van der Waals surface area (Å²) in [6.45, 7) is 6.63. The van der Waals surface area contributed by atoms with Crippen molar-refractivity contribution in [1.82, 2.24) is 30.4 Å². The number of likely N-dealkylation sites (tertiary alicyclic amines) is 1. The predicted octanol–water partition coefficient (Wildman–Crippen LogP) is 4.00. The number of aliphatic imine (C=N–C) groups is 1. The molecule has 2 aromatic carbocycles. The number of nitrogens with zero attached hydrogens (tertiary/aromatic N) is 5. The third-order valence-electron chi connectivity index (χ3n) is 8.09. The van der Waals surface area contributed by atoms with Crippen LogP contribution in [0.1, 0.15) is 42.1 Å². The number of ether oxygens (including phenoxy) is 1. The first kappa shape index (κ1) is 38.4. The van der Waals surface area contributed by atoms with Crippen LogP contribution in [-0.2, 0) is 27.0 Å². The SMILES string of the molecule is C/C=C(\CN(C)C1COC1)C(=O)NCc1ccccc1.CCN1C(=O)C(NC(=O)c2nccc(C(F)(F)F)n2)C/C(=C/N)C1=Nc1ccccc1. The highest BCUT2D eigenvalue weighted by Crippen LogP contribution is 2.27. The van der Waals surface area contributed by atoms with E-state index in [4.69, 9.17) is 10.5 Å². The van der Waals surface area contributed by atoms with Crippen LogP contribution in [-0.4, -0.2) is 88.8 Å². The number of carbonyl (C=O) groups excluding carboxylic acids is 3. The number of amides is 3. The Morgan fingerprint density at radius 3 is 2.33 bits per heavy atom. The van der Waals surface area contributed by atoms with Gasteiger partial charge in [-0.25, -0.2) is 15.0 Å². The van der Waals surface area contributed by atoms with Gasteiger partial charge in [-0.3, -0.25) is 24.2 Å². The van der Waals surface area contributed by atoms with Gasteiger partial charge in [-0.2, -0.15) is 13.2 Å². The first-order valence-corrected chi connectivity index (χ1v) is 16.3. The van der Waals surface area contributed by atoms with Crippen LogP contribution in [0.2, 0.25) is 0 Å². The number of carbonyl (C=O) groups is 3. The largest absolute Gasteiger partial charge is 0.433 e. The maximum atomic E-state index is 13.0. The molecule has 2 aliphatic heterocycles. The van der Waals surface area contributed by atoms with Crippen molar-refractivity contribution < 1.29 is 32.3 Å². The fraction of sp³-hybridized carbons (Fsp3) is 0.333. The fourth-order valence-electron chi connectivity index (χ4n) is 5.09. The van der Waals surface area contributed by atoms with Crippen molar-refractivity contribution in [2.24, 2.45) is 10.7 Å². The molecule has 1 atom stereocenters. The van der Waals surface area contributed by atoms with Gasteiger partial charge in [0, 0.05) is 49.6 Å². The summed E-state index contributed by atoms with van der Waals surface area (Å²) in [5.41, 5.74) is 7.51. The minimum atomic E-state index is -4.73. The zero-order valence-electron chi connectivity index (χ0n) is 28.6. The summed E-state index contributed by atoms with van der Waals surface area (Å²) in [4.78, 5) is 52.4. The lowest BCUT2D eigenvalue weighted by Crippen LogP contribution is -2.55. The predicted molar refractivity (Wildman–Crippen MR) is 185 cm³/mol. The summed E-state index contributed by atoms with van der Waals surface area (Å²) in [5, 5.41) is 5.37. The molecule has 0 bridgehead atoms. The van der Waals surface area contributed by atoms with Gasteiger partial charge in [0.25, 0.3) is 11.8 Å². The van der Waals surface area contributed by atoms with E-state index in [0.717, 1.165) is 30.5 Å². The minimum Gasteiger partial charge on any atom is -0.404 e. The molecule has 12 nitrogen and oxygen atoms in total. The molecule has 2 fully saturated rings. The van der Waals surface area contributed by atoms with Gasteiger partial charge in [-0.1, -0.05) is 54.6 Å². The lowest BCUT2D eigenvalue weighted by Gasteiger charge is -2.34. The number of hydrogen-bond donors (Lipinski definition) is 3. The molecule has 3 aromatic rings. The van der Waals surface area contributed by atoms with Gasteiger partial charge in [0.15, 0.2) is 0 Å². The van der Waals surface area contributed by atoms with Gasteiger partial charge in [-0.15, -0.1) is 0 Å². The van der Waals surface area contributed by atoms with Gasteiger partial charge in [0.1, 0.15) is 17.6 Å². The van der Waals surface area contributed by atoms with Crippen molar-refractivity contribution in [1.29, 1.82) is 0 Å². The van der Waals surface area contributed by atoms with E-state index in [2.05, 4.69) is 30.5 Å². The van der Waals surface area contributed by atoms with Crippen LogP contribution in [0.3, 0.4) is 0 Å². The van der Waals surface area contributed by atoms with Crippen molar-refractivity contribution in [3.8, 4) is 0 Å². The molecular formula is C36H41F3N8O4. The second-order valence-electron chi connectivity index (χ2n) is 11.6. The lowest BCUT2D eigenvalue weighted by atomic mass is 9.98. The molecule has 51 heavy (non-hydrogen) atoms. The Balaban J connectivity index is 0.000000251. The average Bonchev–Trinajstić information content (AvgIpc) is 3.11. The van der Waals surface area contributed by atoms with Gasteiger partial charge in [0.2, 0.25) is 11.7 Å².